The molecule has 11 heteroatoms. The molecule has 4 nitrogen and oxygen atoms in total. The number of alkyl halides is 6. The minimum Gasteiger partial charge on any atom is -0.497 e. The van der Waals surface area contributed by atoms with E-state index in [1.54, 1.807) is 12.1 Å². The average Bonchev–Trinajstić information content (AvgIpc) is 2.76. The van der Waals surface area contributed by atoms with Gasteiger partial charge in [0.1, 0.15) is 5.75 Å². The van der Waals surface area contributed by atoms with Crippen LogP contribution in [0.4, 0.5) is 26.3 Å². The summed E-state index contributed by atoms with van der Waals surface area (Å²) in [5, 5.41) is 3.22. The van der Waals surface area contributed by atoms with E-state index >= 15 is 0 Å². The number of nitrogens with one attached hydrogen (secondary N) is 1. The van der Waals surface area contributed by atoms with Gasteiger partial charge in [-0.05, 0) is 48.9 Å². The van der Waals surface area contributed by atoms with E-state index in [0.29, 0.717) is 37.4 Å². The molecule has 3 rings (SSSR count). The molecule has 1 saturated heterocycles. The molecule has 0 aromatic heterocycles. The molecule has 33 heavy (non-hydrogen) atoms. The lowest BCUT2D eigenvalue weighted by molar-refractivity contribution is -0.143. The van der Waals surface area contributed by atoms with Gasteiger partial charge in [0.15, 0.2) is 0 Å². The second-order valence-electron chi connectivity index (χ2n) is 7.65. The molecule has 2 aromatic rings. The van der Waals surface area contributed by atoms with Crippen LogP contribution >= 0.6 is 12.4 Å². The Hall–Kier alpha value is -2.46. The molecular formula is C22H23ClF6N2O2. The molecule has 0 bridgehead atoms. The number of methoxy groups -OCH3 is 1. The highest BCUT2D eigenvalue weighted by Gasteiger charge is 2.39. The van der Waals surface area contributed by atoms with Crippen LogP contribution in [0.2, 0.25) is 0 Å². The highest BCUT2D eigenvalue weighted by Crippen LogP contribution is 2.37. The summed E-state index contributed by atoms with van der Waals surface area (Å²) >= 11 is 0. The van der Waals surface area contributed by atoms with Crippen LogP contribution in [-0.2, 0) is 12.4 Å². The van der Waals surface area contributed by atoms with Gasteiger partial charge in [-0.25, -0.2) is 0 Å². The third kappa shape index (κ3) is 6.11. The number of halogens is 7. The topological polar surface area (TPSA) is 41.6 Å². The lowest BCUT2D eigenvalue weighted by Crippen LogP contribution is -2.49. The first kappa shape index (κ1) is 26.8. The van der Waals surface area contributed by atoms with Crippen molar-refractivity contribution < 1.29 is 35.9 Å². The molecule has 0 aliphatic carbocycles. The number of ether oxygens (including phenoxy) is 1. The van der Waals surface area contributed by atoms with Crippen LogP contribution in [0.3, 0.4) is 0 Å². The van der Waals surface area contributed by atoms with Gasteiger partial charge in [0, 0.05) is 31.1 Å². The van der Waals surface area contributed by atoms with Crippen molar-refractivity contribution >= 4 is 18.3 Å². The minimum atomic E-state index is -5.02. The fraction of sp³-hybridized carbons (Fsp3) is 0.409. The molecule has 1 aliphatic heterocycles. The van der Waals surface area contributed by atoms with Crippen molar-refractivity contribution in [3.63, 3.8) is 0 Å². The van der Waals surface area contributed by atoms with Crippen LogP contribution in [0.25, 0.3) is 0 Å². The Morgan fingerprint density at radius 3 is 2.03 bits per heavy atom. The predicted molar refractivity (Wildman–Crippen MR) is 113 cm³/mol. The van der Waals surface area contributed by atoms with E-state index in [1.165, 1.54) is 19.1 Å². The monoisotopic (exact) mass is 496 g/mol. The van der Waals surface area contributed by atoms with Gasteiger partial charge >= 0.3 is 12.4 Å². The highest BCUT2D eigenvalue weighted by molar-refractivity contribution is 5.95. The Kier molecular flexibility index (Phi) is 8.29. The van der Waals surface area contributed by atoms with Gasteiger partial charge in [0.25, 0.3) is 5.91 Å². The summed E-state index contributed by atoms with van der Waals surface area (Å²) in [6.45, 7) is 1.07. The van der Waals surface area contributed by atoms with Crippen LogP contribution in [0.1, 0.15) is 39.4 Å². The van der Waals surface area contributed by atoms with E-state index < -0.39 is 41.0 Å². The largest absolute Gasteiger partial charge is 0.497 e. The molecule has 1 heterocycles. The average molecular weight is 497 g/mol. The van der Waals surface area contributed by atoms with Crippen molar-refractivity contribution in [2.75, 3.05) is 27.2 Å². The van der Waals surface area contributed by atoms with Crippen LogP contribution in [0.15, 0.2) is 42.5 Å². The molecule has 0 saturated carbocycles. The molecule has 1 amide bonds. The molecule has 0 spiro atoms. The van der Waals surface area contributed by atoms with Crippen molar-refractivity contribution in [1.29, 1.82) is 0 Å². The standard InChI is InChI=1S/C22H22F6N2O2.ClH/c1-30(19-7-8-29-12-18(19)13-3-5-17(32-2)6-4-13)20(31)14-9-15(21(23,24)25)11-16(10-14)22(26,27)28;/h3-6,9-11,18-19,29H,7-8,12H2,1-2H3;1H/t18-,19+;/m0./s1. The number of hydrogen-bond acceptors (Lipinski definition) is 3. The van der Waals surface area contributed by atoms with E-state index in [4.69, 9.17) is 4.74 Å². The quantitative estimate of drug-likeness (QED) is 0.578. The van der Waals surface area contributed by atoms with Crippen LogP contribution in [0, 0.1) is 0 Å². The van der Waals surface area contributed by atoms with E-state index in [2.05, 4.69) is 5.32 Å². The number of carbonyl (C=O) groups is 1. The summed E-state index contributed by atoms with van der Waals surface area (Å²) in [6.07, 6.45) is -9.55. The van der Waals surface area contributed by atoms with E-state index in [1.807, 2.05) is 12.1 Å². The van der Waals surface area contributed by atoms with E-state index in [-0.39, 0.29) is 24.4 Å². The summed E-state index contributed by atoms with van der Waals surface area (Å²) in [5.41, 5.74) is -2.80. The van der Waals surface area contributed by atoms with Gasteiger partial charge in [0.2, 0.25) is 0 Å². The van der Waals surface area contributed by atoms with E-state index in [0.717, 1.165) is 5.56 Å². The molecule has 0 unspecified atom stereocenters. The SMILES string of the molecule is COc1ccc([C@@H]2CNCC[C@H]2N(C)C(=O)c2cc(C(F)(F)F)cc(C(F)(F)F)c2)cc1.Cl. The summed E-state index contributed by atoms with van der Waals surface area (Å²) in [7, 11) is 2.93. The first-order valence-corrected chi connectivity index (χ1v) is 9.83. The number of likely N-dealkylation sites (N-methyl/N-ethyl adjacent to an activating group) is 1. The first-order valence-electron chi connectivity index (χ1n) is 9.83. The lowest BCUT2D eigenvalue weighted by atomic mass is 9.85. The zero-order valence-electron chi connectivity index (χ0n) is 17.8. The van der Waals surface area contributed by atoms with Crippen molar-refractivity contribution in [2.45, 2.75) is 30.7 Å². The maximum atomic E-state index is 13.2. The van der Waals surface area contributed by atoms with Gasteiger partial charge < -0.3 is 15.0 Å². The van der Waals surface area contributed by atoms with Crippen LogP contribution in [0.5, 0.6) is 5.75 Å². The van der Waals surface area contributed by atoms with Crippen molar-refractivity contribution in [3.8, 4) is 5.75 Å². The highest BCUT2D eigenvalue weighted by atomic mass is 35.5. The fourth-order valence-corrected chi connectivity index (χ4v) is 3.93. The summed E-state index contributed by atoms with van der Waals surface area (Å²) < 4.78 is 84.3. The maximum absolute atomic E-state index is 13.2. The van der Waals surface area contributed by atoms with Crippen molar-refractivity contribution in [3.05, 3.63) is 64.7 Å². The molecule has 182 valence electrons. The number of nitrogens with zero attached hydrogens (tertiary/aromatic N) is 1. The molecule has 1 aliphatic rings. The summed E-state index contributed by atoms with van der Waals surface area (Å²) in [6, 6.07) is 7.70. The Balaban J connectivity index is 0.00000385. The Morgan fingerprint density at radius 1 is 1.00 bits per heavy atom. The Bertz CT molecular complexity index is 931. The molecule has 1 N–H and O–H groups in total. The van der Waals surface area contributed by atoms with Crippen LogP contribution in [-0.4, -0.2) is 44.1 Å². The third-order valence-electron chi connectivity index (χ3n) is 5.64. The second kappa shape index (κ2) is 10.2. The van der Waals surface area contributed by atoms with Crippen molar-refractivity contribution in [1.82, 2.24) is 10.2 Å². The first-order chi connectivity index (χ1) is 14.9. The molecule has 2 aromatic carbocycles. The predicted octanol–water partition coefficient (Wildman–Crippen LogP) is 5.37. The number of piperidine rings is 1. The molecule has 2 atom stereocenters. The van der Waals surface area contributed by atoms with Crippen LogP contribution < -0.4 is 10.1 Å². The van der Waals surface area contributed by atoms with Gasteiger partial charge in [-0.1, -0.05) is 12.1 Å². The van der Waals surface area contributed by atoms with Gasteiger partial charge in [0.05, 0.1) is 18.2 Å². The van der Waals surface area contributed by atoms with Gasteiger partial charge in [-0.2, -0.15) is 26.3 Å². The minimum absolute atomic E-state index is 0. The number of carbonyl (C=O) groups excluding carboxylic acids is 1. The number of hydrogen-bond donors (Lipinski definition) is 1. The number of benzene rings is 2. The Labute approximate surface area is 193 Å². The van der Waals surface area contributed by atoms with Gasteiger partial charge in [-0.15, -0.1) is 12.4 Å². The maximum Gasteiger partial charge on any atom is 0.416 e. The second-order valence-corrected chi connectivity index (χ2v) is 7.65. The number of amides is 1. The van der Waals surface area contributed by atoms with Gasteiger partial charge in [-0.3, -0.25) is 4.79 Å². The smallest absolute Gasteiger partial charge is 0.416 e. The zero-order chi connectivity index (χ0) is 23.7. The lowest BCUT2D eigenvalue weighted by Gasteiger charge is -2.39. The number of rotatable bonds is 4. The Morgan fingerprint density at radius 2 is 1.55 bits per heavy atom. The fourth-order valence-electron chi connectivity index (χ4n) is 3.93. The third-order valence-corrected chi connectivity index (χ3v) is 5.64. The summed E-state index contributed by atoms with van der Waals surface area (Å²) in [5.74, 6) is -0.453. The summed E-state index contributed by atoms with van der Waals surface area (Å²) in [4.78, 5) is 14.3. The molecule has 0 radical (unpaired) electrons. The van der Waals surface area contributed by atoms with E-state index in [9.17, 15) is 31.1 Å². The van der Waals surface area contributed by atoms with Crippen molar-refractivity contribution in [2.24, 2.45) is 0 Å². The molecule has 1 fully saturated rings. The molecular weight excluding hydrogens is 474 g/mol. The zero-order valence-corrected chi connectivity index (χ0v) is 18.6. The normalized spacial score (nSPS) is 18.9.